The van der Waals surface area contributed by atoms with Crippen molar-refractivity contribution in [3.05, 3.63) is 11.6 Å². The summed E-state index contributed by atoms with van der Waals surface area (Å²) in [7, 11) is 0. The molecule has 1 heteroatoms. The molecule has 0 aliphatic carbocycles. The third kappa shape index (κ3) is 5.57. The second kappa shape index (κ2) is 5.83. The Labute approximate surface area is 57.4 Å². The van der Waals surface area contributed by atoms with Gasteiger partial charge in [-0.2, -0.15) is 0 Å². The van der Waals surface area contributed by atoms with Crippen LogP contribution in [0, 0.1) is 0 Å². The van der Waals surface area contributed by atoms with Crippen LogP contribution in [0.4, 0.5) is 0 Å². The molecule has 0 radical (unpaired) electrons. The van der Waals surface area contributed by atoms with Crippen molar-refractivity contribution in [2.75, 3.05) is 6.61 Å². The highest BCUT2D eigenvalue weighted by molar-refractivity contribution is 4.97. The van der Waals surface area contributed by atoms with Gasteiger partial charge in [0.2, 0.25) is 0 Å². The van der Waals surface area contributed by atoms with Gasteiger partial charge in [0.1, 0.15) is 0 Å². The van der Waals surface area contributed by atoms with Crippen molar-refractivity contribution in [3.63, 3.8) is 0 Å². The van der Waals surface area contributed by atoms with Crippen LogP contribution in [0.25, 0.3) is 0 Å². The first kappa shape index (κ1) is 8.70. The number of hydrogen-bond acceptors (Lipinski definition) is 1. The van der Waals surface area contributed by atoms with Crippen LogP contribution in [-0.4, -0.2) is 11.7 Å². The summed E-state index contributed by atoms with van der Waals surface area (Å²) < 4.78 is 0. The van der Waals surface area contributed by atoms with Crippen molar-refractivity contribution in [2.45, 2.75) is 33.1 Å². The van der Waals surface area contributed by atoms with Gasteiger partial charge < -0.3 is 5.11 Å². The van der Waals surface area contributed by atoms with Gasteiger partial charge in [0, 0.05) is 6.61 Å². The van der Waals surface area contributed by atoms with Gasteiger partial charge in [-0.3, -0.25) is 0 Å². The molecule has 0 aromatic carbocycles. The van der Waals surface area contributed by atoms with Gasteiger partial charge in [0.25, 0.3) is 0 Å². The molecule has 0 aromatic rings. The van der Waals surface area contributed by atoms with Crippen LogP contribution in [0.2, 0.25) is 0 Å². The Bertz CT molecular complexity index is 84.6. The fraction of sp³-hybridized carbons (Fsp3) is 0.750. The number of aliphatic hydroxyl groups excluding tert-OH is 1. The molecule has 0 saturated carbocycles. The normalized spacial score (nSPS) is 12.1. The number of aliphatic hydroxyl groups is 1. The molecular weight excluding hydrogens is 112 g/mol. The van der Waals surface area contributed by atoms with E-state index in [1.54, 1.807) is 0 Å². The van der Waals surface area contributed by atoms with Gasteiger partial charge in [-0.25, -0.2) is 0 Å². The summed E-state index contributed by atoms with van der Waals surface area (Å²) in [5, 5.41) is 8.50. The maximum atomic E-state index is 8.50. The summed E-state index contributed by atoms with van der Waals surface area (Å²) in [6, 6.07) is 0. The lowest BCUT2D eigenvalue weighted by atomic mass is 10.2. The first-order valence-electron chi connectivity index (χ1n) is 3.57. The van der Waals surface area contributed by atoms with Crippen LogP contribution in [0.5, 0.6) is 0 Å². The van der Waals surface area contributed by atoms with Crippen molar-refractivity contribution in [2.24, 2.45) is 0 Å². The predicted octanol–water partition coefficient (Wildman–Crippen LogP) is 2.12. The van der Waals surface area contributed by atoms with E-state index in [9.17, 15) is 0 Å². The molecule has 0 unspecified atom stereocenters. The molecule has 0 aromatic heterocycles. The SMILES string of the molecule is CCC/C=C(/C)CCO. The van der Waals surface area contributed by atoms with E-state index in [1.807, 2.05) is 0 Å². The lowest BCUT2D eigenvalue weighted by molar-refractivity contribution is 0.299. The second-order valence-corrected chi connectivity index (χ2v) is 2.31. The number of hydrogen-bond donors (Lipinski definition) is 1. The number of rotatable bonds is 4. The van der Waals surface area contributed by atoms with E-state index in [-0.39, 0.29) is 6.61 Å². The molecule has 1 nitrogen and oxygen atoms in total. The Kier molecular flexibility index (Phi) is 5.64. The van der Waals surface area contributed by atoms with Crippen molar-refractivity contribution in [1.29, 1.82) is 0 Å². The van der Waals surface area contributed by atoms with E-state index in [1.165, 1.54) is 12.0 Å². The lowest BCUT2D eigenvalue weighted by Gasteiger charge is -1.94. The van der Waals surface area contributed by atoms with Crippen molar-refractivity contribution in [3.8, 4) is 0 Å². The zero-order chi connectivity index (χ0) is 7.11. The van der Waals surface area contributed by atoms with Crippen LogP contribution in [0.1, 0.15) is 33.1 Å². The monoisotopic (exact) mass is 128 g/mol. The molecule has 0 aliphatic rings. The lowest BCUT2D eigenvalue weighted by Crippen LogP contribution is -1.83. The molecule has 0 rings (SSSR count). The van der Waals surface area contributed by atoms with Crippen molar-refractivity contribution in [1.82, 2.24) is 0 Å². The van der Waals surface area contributed by atoms with Gasteiger partial charge in [-0.05, 0) is 19.8 Å². The van der Waals surface area contributed by atoms with Crippen molar-refractivity contribution >= 4 is 0 Å². The Morgan fingerprint density at radius 2 is 2.22 bits per heavy atom. The molecule has 0 aliphatic heterocycles. The average Bonchev–Trinajstić information content (AvgIpc) is 1.85. The fourth-order valence-corrected chi connectivity index (χ4v) is 0.669. The molecule has 1 N–H and O–H groups in total. The van der Waals surface area contributed by atoms with Gasteiger partial charge in [0.15, 0.2) is 0 Å². The molecule has 0 amide bonds. The standard InChI is InChI=1S/C8H16O/c1-3-4-5-8(2)6-7-9/h5,9H,3-4,6-7H2,1-2H3/b8-5-. The Morgan fingerprint density at radius 3 is 2.67 bits per heavy atom. The first-order chi connectivity index (χ1) is 4.31. The molecule has 0 heterocycles. The second-order valence-electron chi connectivity index (χ2n) is 2.31. The summed E-state index contributed by atoms with van der Waals surface area (Å²) in [4.78, 5) is 0. The van der Waals surface area contributed by atoms with E-state index in [0.29, 0.717) is 0 Å². The quantitative estimate of drug-likeness (QED) is 0.575. The van der Waals surface area contributed by atoms with Crippen LogP contribution in [-0.2, 0) is 0 Å². The summed E-state index contributed by atoms with van der Waals surface area (Å²) >= 11 is 0. The third-order valence-corrected chi connectivity index (χ3v) is 1.29. The fourth-order valence-electron chi connectivity index (χ4n) is 0.669. The predicted molar refractivity (Wildman–Crippen MR) is 40.4 cm³/mol. The summed E-state index contributed by atoms with van der Waals surface area (Å²) in [6.07, 6.45) is 5.37. The van der Waals surface area contributed by atoms with Crippen LogP contribution in [0.15, 0.2) is 11.6 Å². The van der Waals surface area contributed by atoms with Gasteiger partial charge in [-0.15, -0.1) is 0 Å². The van der Waals surface area contributed by atoms with E-state index >= 15 is 0 Å². The molecule has 0 saturated heterocycles. The highest BCUT2D eigenvalue weighted by Crippen LogP contribution is 2.01. The van der Waals surface area contributed by atoms with E-state index in [2.05, 4.69) is 19.9 Å². The van der Waals surface area contributed by atoms with Crippen LogP contribution in [0.3, 0.4) is 0 Å². The first-order valence-corrected chi connectivity index (χ1v) is 3.57. The van der Waals surface area contributed by atoms with Crippen molar-refractivity contribution < 1.29 is 5.11 Å². The summed E-state index contributed by atoms with van der Waals surface area (Å²) in [6.45, 7) is 4.50. The average molecular weight is 128 g/mol. The molecule has 0 bridgehead atoms. The highest BCUT2D eigenvalue weighted by atomic mass is 16.2. The maximum Gasteiger partial charge on any atom is 0.0468 e. The molecule has 54 valence electrons. The minimum absolute atomic E-state index is 0.284. The molecule has 0 fully saturated rings. The maximum absolute atomic E-state index is 8.50. The topological polar surface area (TPSA) is 20.2 Å². The minimum atomic E-state index is 0.284. The molecule has 9 heavy (non-hydrogen) atoms. The zero-order valence-electron chi connectivity index (χ0n) is 6.35. The van der Waals surface area contributed by atoms with E-state index < -0.39 is 0 Å². The minimum Gasteiger partial charge on any atom is -0.396 e. The Hall–Kier alpha value is -0.300. The molecular formula is C8H16O. The summed E-state index contributed by atoms with van der Waals surface area (Å²) in [5.41, 5.74) is 1.30. The summed E-state index contributed by atoms with van der Waals surface area (Å²) in [5.74, 6) is 0. The van der Waals surface area contributed by atoms with Crippen LogP contribution >= 0.6 is 0 Å². The third-order valence-electron chi connectivity index (χ3n) is 1.29. The largest absolute Gasteiger partial charge is 0.396 e. The van der Waals surface area contributed by atoms with Gasteiger partial charge in [-0.1, -0.05) is 25.0 Å². The van der Waals surface area contributed by atoms with Gasteiger partial charge in [0.05, 0.1) is 0 Å². The van der Waals surface area contributed by atoms with E-state index in [0.717, 1.165) is 12.8 Å². The number of unbranched alkanes of at least 4 members (excludes halogenated alkanes) is 1. The molecule has 0 atom stereocenters. The van der Waals surface area contributed by atoms with Crippen LogP contribution < -0.4 is 0 Å². The number of allylic oxidation sites excluding steroid dienone is 1. The Balaban J connectivity index is 3.30. The Morgan fingerprint density at radius 1 is 1.56 bits per heavy atom. The van der Waals surface area contributed by atoms with E-state index in [4.69, 9.17) is 5.11 Å². The molecule has 0 spiro atoms. The smallest absolute Gasteiger partial charge is 0.0468 e. The highest BCUT2D eigenvalue weighted by Gasteiger charge is 1.84. The zero-order valence-corrected chi connectivity index (χ0v) is 6.35. The van der Waals surface area contributed by atoms with Gasteiger partial charge >= 0.3 is 0 Å².